The zero-order chi connectivity index (χ0) is 35.2. The number of nitrogens with zero attached hydrogens (tertiary/aromatic N) is 4. The van der Waals surface area contributed by atoms with Crippen molar-refractivity contribution in [3.05, 3.63) is 111 Å². The van der Waals surface area contributed by atoms with E-state index in [4.69, 9.17) is 9.16 Å². The molecule has 0 saturated carbocycles. The number of ether oxygens (including phenoxy) is 1. The molecule has 1 amide bonds. The summed E-state index contributed by atoms with van der Waals surface area (Å²) in [5, 5.41) is -0.201. The van der Waals surface area contributed by atoms with Crippen LogP contribution in [0.15, 0.2) is 71.9 Å². The van der Waals surface area contributed by atoms with E-state index in [1.807, 2.05) is 13.0 Å². The van der Waals surface area contributed by atoms with Crippen LogP contribution in [0.5, 0.6) is 5.75 Å². The normalized spacial score (nSPS) is 16.2. The Hall–Kier alpha value is -4.16. The Bertz CT molecular complexity index is 1860. The van der Waals surface area contributed by atoms with E-state index >= 15 is 0 Å². The van der Waals surface area contributed by atoms with Crippen molar-refractivity contribution in [2.24, 2.45) is 0 Å². The molecule has 256 valence electrons. The van der Waals surface area contributed by atoms with Gasteiger partial charge in [0.2, 0.25) is 0 Å². The smallest absolute Gasteiger partial charge is 0.419 e. The number of fused-ring (bicyclic) bond motifs is 1. The molecule has 0 aliphatic carbocycles. The Morgan fingerprint density at radius 3 is 2.31 bits per heavy atom. The molecule has 0 fully saturated rings. The monoisotopic (exact) mass is 680 g/mol. The van der Waals surface area contributed by atoms with Crippen molar-refractivity contribution in [1.29, 1.82) is 0 Å². The number of hydrogen-bond donors (Lipinski definition) is 0. The van der Waals surface area contributed by atoms with E-state index < -0.39 is 38.0 Å². The molecule has 3 heterocycles. The SMILES string of the molecule is Cc1cc(C(CO[Si](C)(C)C(C)(C)C)N2C(=O)c3ccc(-n4cnc(C)c4)c(=O)n3CC2C)c(OCc2ccccc2)c(C(F)(F)F)c1. The molecule has 0 bridgehead atoms. The number of carbonyl (C=O) groups is 1. The first-order valence-corrected chi connectivity index (χ1v) is 18.9. The molecule has 48 heavy (non-hydrogen) atoms. The molecule has 2 unspecified atom stereocenters. The lowest BCUT2D eigenvalue weighted by molar-refractivity contribution is -0.139. The Morgan fingerprint density at radius 2 is 1.71 bits per heavy atom. The summed E-state index contributed by atoms with van der Waals surface area (Å²) in [4.78, 5) is 33.9. The van der Waals surface area contributed by atoms with Gasteiger partial charge in [0.25, 0.3) is 11.5 Å². The molecule has 1 aliphatic rings. The third-order valence-electron chi connectivity index (χ3n) is 9.42. The summed E-state index contributed by atoms with van der Waals surface area (Å²) in [6.07, 6.45) is -1.46. The molecular formula is C36H43F3N4O4Si. The predicted molar refractivity (Wildman–Crippen MR) is 181 cm³/mol. The van der Waals surface area contributed by atoms with Gasteiger partial charge in [0.1, 0.15) is 23.7 Å². The Balaban J connectivity index is 1.66. The molecule has 2 aromatic carbocycles. The highest BCUT2D eigenvalue weighted by molar-refractivity contribution is 6.74. The van der Waals surface area contributed by atoms with E-state index in [9.17, 15) is 22.8 Å². The third-order valence-corrected chi connectivity index (χ3v) is 13.9. The number of aromatic nitrogens is 3. The second kappa shape index (κ2) is 13.0. The van der Waals surface area contributed by atoms with Gasteiger partial charge in [-0.2, -0.15) is 13.2 Å². The van der Waals surface area contributed by atoms with Gasteiger partial charge in [0.15, 0.2) is 8.32 Å². The van der Waals surface area contributed by atoms with Gasteiger partial charge in [-0.1, -0.05) is 57.2 Å². The van der Waals surface area contributed by atoms with E-state index in [0.717, 1.165) is 11.8 Å². The van der Waals surface area contributed by atoms with Gasteiger partial charge in [-0.25, -0.2) is 4.98 Å². The fourth-order valence-corrected chi connectivity index (χ4v) is 6.80. The van der Waals surface area contributed by atoms with Crippen molar-refractivity contribution in [2.75, 3.05) is 6.61 Å². The van der Waals surface area contributed by atoms with E-state index in [2.05, 4.69) is 38.8 Å². The van der Waals surface area contributed by atoms with E-state index in [1.54, 1.807) is 78.3 Å². The summed E-state index contributed by atoms with van der Waals surface area (Å²) in [7, 11) is -2.45. The molecular weight excluding hydrogens is 638 g/mol. The number of aryl methyl sites for hydroxylation is 2. The maximum Gasteiger partial charge on any atom is 0.419 e. The standard InChI is InChI=1S/C36H43F3N4O4Si/c1-23-16-27(32(28(17-23)36(37,38)39)46-20-26-12-10-9-11-13-26)31(21-47-48(7,8)35(4,5)6)43-25(3)19-42-30(34(43)45)15-14-29(33(42)44)41-18-24(2)40-22-41/h9-18,22,25,31H,19-21H2,1-8H3. The van der Waals surface area contributed by atoms with Gasteiger partial charge >= 0.3 is 6.18 Å². The van der Waals surface area contributed by atoms with Crippen LogP contribution in [0.2, 0.25) is 18.1 Å². The largest absolute Gasteiger partial charge is 0.488 e. The maximum atomic E-state index is 14.7. The number of halogens is 3. The van der Waals surface area contributed by atoms with E-state index in [-0.39, 0.29) is 47.4 Å². The van der Waals surface area contributed by atoms with Crippen LogP contribution in [0.3, 0.4) is 0 Å². The van der Waals surface area contributed by atoms with Crippen molar-refractivity contribution in [1.82, 2.24) is 19.0 Å². The first-order chi connectivity index (χ1) is 22.4. The average Bonchev–Trinajstić information content (AvgIpc) is 3.43. The zero-order valence-corrected chi connectivity index (χ0v) is 29.7. The van der Waals surface area contributed by atoms with Crippen LogP contribution in [-0.4, -0.2) is 45.9 Å². The van der Waals surface area contributed by atoms with Crippen LogP contribution in [0.25, 0.3) is 5.69 Å². The van der Waals surface area contributed by atoms with Gasteiger partial charge in [0.05, 0.1) is 30.2 Å². The Morgan fingerprint density at radius 1 is 1.02 bits per heavy atom. The van der Waals surface area contributed by atoms with Gasteiger partial charge in [-0.3, -0.25) is 9.59 Å². The fourth-order valence-electron chi connectivity index (χ4n) is 5.79. The minimum Gasteiger partial charge on any atom is -0.488 e. The van der Waals surface area contributed by atoms with Crippen molar-refractivity contribution in [3.8, 4) is 11.4 Å². The quantitative estimate of drug-likeness (QED) is 0.168. The first-order valence-electron chi connectivity index (χ1n) is 16.0. The zero-order valence-electron chi connectivity index (χ0n) is 28.7. The van der Waals surface area contributed by atoms with Crippen molar-refractivity contribution in [2.45, 2.75) is 91.1 Å². The van der Waals surface area contributed by atoms with E-state index in [1.165, 1.54) is 4.57 Å². The summed E-state index contributed by atoms with van der Waals surface area (Å²) >= 11 is 0. The minimum absolute atomic E-state index is 0.0500. The van der Waals surface area contributed by atoms with Crippen LogP contribution in [0.1, 0.15) is 72.2 Å². The molecule has 2 aromatic heterocycles. The van der Waals surface area contributed by atoms with Gasteiger partial charge in [-0.05, 0) is 68.2 Å². The summed E-state index contributed by atoms with van der Waals surface area (Å²) in [6, 6.07) is 13.3. The highest BCUT2D eigenvalue weighted by Gasteiger charge is 2.44. The van der Waals surface area contributed by atoms with Crippen molar-refractivity contribution in [3.63, 3.8) is 0 Å². The van der Waals surface area contributed by atoms with Gasteiger partial charge in [-0.15, -0.1) is 0 Å². The molecule has 1 aliphatic heterocycles. The number of pyridine rings is 1. The van der Waals surface area contributed by atoms with Crippen LogP contribution in [0, 0.1) is 13.8 Å². The number of benzene rings is 2. The topological polar surface area (TPSA) is 78.6 Å². The van der Waals surface area contributed by atoms with Crippen LogP contribution in [-0.2, 0) is 23.8 Å². The Kier molecular flexibility index (Phi) is 9.55. The number of hydrogen-bond acceptors (Lipinski definition) is 5. The maximum absolute atomic E-state index is 14.7. The van der Waals surface area contributed by atoms with Gasteiger partial charge in [0, 0.05) is 24.3 Å². The van der Waals surface area contributed by atoms with Crippen LogP contribution < -0.4 is 10.3 Å². The number of imidazole rings is 1. The number of alkyl halides is 3. The van der Waals surface area contributed by atoms with Gasteiger partial charge < -0.3 is 23.2 Å². The molecule has 4 aromatic rings. The minimum atomic E-state index is -4.73. The lowest BCUT2D eigenvalue weighted by Crippen LogP contribution is -2.53. The number of amides is 1. The van der Waals surface area contributed by atoms with Crippen molar-refractivity contribution >= 4 is 14.2 Å². The van der Waals surface area contributed by atoms with Crippen molar-refractivity contribution < 1.29 is 27.1 Å². The first kappa shape index (κ1) is 35.2. The molecule has 2 atom stereocenters. The molecule has 0 N–H and O–H groups in total. The summed E-state index contributed by atoms with van der Waals surface area (Å²) in [6.45, 7) is 15.5. The second-order valence-electron chi connectivity index (χ2n) is 14.1. The van der Waals surface area contributed by atoms with E-state index in [0.29, 0.717) is 16.8 Å². The predicted octanol–water partition coefficient (Wildman–Crippen LogP) is 7.86. The molecule has 5 rings (SSSR count). The fraction of sp³-hybridized carbons (Fsp3) is 0.417. The average molecular weight is 681 g/mol. The Labute approximate surface area is 280 Å². The number of carbonyl (C=O) groups excluding carboxylic acids is 1. The summed E-state index contributed by atoms with van der Waals surface area (Å²) < 4.78 is 59.9. The van der Waals surface area contributed by atoms with Crippen LogP contribution >= 0.6 is 0 Å². The second-order valence-corrected chi connectivity index (χ2v) is 18.9. The lowest BCUT2D eigenvalue weighted by atomic mass is 9.95. The molecule has 0 radical (unpaired) electrons. The number of rotatable bonds is 9. The molecule has 8 nitrogen and oxygen atoms in total. The third kappa shape index (κ3) is 7.00. The molecule has 12 heteroatoms. The molecule has 0 saturated heterocycles. The highest BCUT2D eigenvalue weighted by Crippen LogP contribution is 2.45. The lowest BCUT2D eigenvalue weighted by Gasteiger charge is -2.44. The molecule has 0 spiro atoms. The highest BCUT2D eigenvalue weighted by atomic mass is 28.4. The summed E-state index contributed by atoms with van der Waals surface area (Å²) in [5.41, 5.74) is 1.22. The summed E-state index contributed by atoms with van der Waals surface area (Å²) in [5.74, 6) is -0.818. The van der Waals surface area contributed by atoms with Crippen LogP contribution in [0.4, 0.5) is 13.2 Å².